The lowest BCUT2D eigenvalue weighted by Gasteiger charge is -2.26. The van der Waals surface area contributed by atoms with Crippen molar-refractivity contribution in [2.24, 2.45) is 0 Å². The molecule has 0 aliphatic carbocycles. The van der Waals surface area contributed by atoms with Crippen molar-refractivity contribution < 1.29 is 8.83 Å². The van der Waals surface area contributed by atoms with Gasteiger partial charge in [0.2, 0.25) is 0 Å². The highest BCUT2D eigenvalue weighted by atomic mass is 16.3. The molecule has 0 radical (unpaired) electrons. The Morgan fingerprint density at radius 2 is 0.750 bits per heavy atom. The van der Waals surface area contributed by atoms with Crippen LogP contribution in [0.1, 0.15) is 0 Å². The Hall–Kier alpha value is -8.60. The first-order valence-corrected chi connectivity index (χ1v) is 21.7. The molecule has 0 saturated carbocycles. The lowest BCUT2D eigenvalue weighted by Crippen LogP contribution is -2.09. The molecule has 0 N–H and O–H groups in total. The summed E-state index contributed by atoms with van der Waals surface area (Å²) in [5.41, 5.74) is 17.2. The predicted molar refractivity (Wildman–Crippen MR) is 266 cm³/mol. The van der Waals surface area contributed by atoms with Crippen molar-refractivity contribution in [1.82, 2.24) is 4.57 Å². The van der Waals surface area contributed by atoms with Crippen LogP contribution >= 0.6 is 0 Å². The molecule has 0 atom stereocenters. The van der Waals surface area contributed by atoms with Gasteiger partial charge in [0.1, 0.15) is 16.7 Å². The SMILES string of the molecule is c1ccc(-c2ccc(N(c3ccc(-c4ccc(-n5c6ccccc6c6ccc7c8ccccc8oc7c65)cc4)cc3)c3ccc(-c4ccc5oc6ccccc6c5c4)cc3)cc2)cc1. The monoisotopic (exact) mass is 818 g/mol. The van der Waals surface area contributed by atoms with Gasteiger partial charge in [-0.1, -0.05) is 146 Å². The fourth-order valence-corrected chi connectivity index (χ4v) is 9.69. The Morgan fingerprint density at radius 3 is 1.39 bits per heavy atom. The van der Waals surface area contributed by atoms with E-state index in [4.69, 9.17) is 8.83 Å². The maximum atomic E-state index is 6.59. The van der Waals surface area contributed by atoms with E-state index >= 15 is 0 Å². The molecule has 0 bridgehead atoms. The van der Waals surface area contributed by atoms with Gasteiger partial charge >= 0.3 is 0 Å². The molecule has 0 saturated heterocycles. The van der Waals surface area contributed by atoms with Crippen molar-refractivity contribution in [3.05, 3.63) is 231 Å². The quantitative estimate of drug-likeness (QED) is 0.161. The van der Waals surface area contributed by atoms with Gasteiger partial charge in [-0.3, -0.25) is 0 Å². The van der Waals surface area contributed by atoms with Crippen LogP contribution in [0.5, 0.6) is 0 Å². The van der Waals surface area contributed by atoms with E-state index in [9.17, 15) is 0 Å². The number of hydrogen-bond acceptors (Lipinski definition) is 3. The Morgan fingerprint density at radius 1 is 0.297 bits per heavy atom. The van der Waals surface area contributed by atoms with Gasteiger partial charge in [-0.05, 0) is 118 Å². The van der Waals surface area contributed by atoms with E-state index in [2.05, 4.69) is 222 Å². The van der Waals surface area contributed by atoms with Crippen LogP contribution in [0.25, 0.3) is 105 Å². The molecule has 0 spiro atoms. The third-order valence-corrected chi connectivity index (χ3v) is 12.8. The summed E-state index contributed by atoms with van der Waals surface area (Å²) in [5.74, 6) is 0. The van der Waals surface area contributed by atoms with Crippen LogP contribution in [0.3, 0.4) is 0 Å². The molecular weight excluding hydrogens is 781 g/mol. The maximum Gasteiger partial charge on any atom is 0.160 e. The first-order valence-electron chi connectivity index (χ1n) is 21.7. The number of aromatic nitrogens is 1. The van der Waals surface area contributed by atoms with Crippen LogP contribution in [0.15, 0.2) is 239 Å². The topological polar surface area (TPSA) is 34.5 Å². The van der Waals surface area contributed by atoms with Crippen molar-refractivity contribution in [2.45, 2.75) is 0 Å². The molecule has 0 aliphatic rings. The number of hydrogen-bond donors (Lipinski definition) is 0. The molecule has 4 heteroatoms. The number of anilines is 3. The van der Waals surface area contributed by atoms with E-state index in [1.54, 1.807) is 0 Å². The van der Waals surface area contributed by atoms with Crippen LogP contribution in [-0.4, -0.2) is 4.57 Å². The third-order valence-electron chi connectivity index (χ3n) is 12.8. The maximum absolute atomic E-state index is 6.59. The van der Waals surface area contributed by atoms with E-state index in [1.807, 2.05) is 18.2 Å². The Bertz CT molecular complexity index is 3860. The summed E-state index contributed by atoms with van der Waals surface area (Å²) in [4.78, 5) is 2.33. The average molecular weight is 819 g/mol. The van der Waals surface area contributed by atoms with Gasteiger partial charge in [0.05, 0.1) is 11.0 Å². The second kappa shape index (κ2) is 14.5. The number of fused-ring (bicyclic) bond motifs is 10. The normalized spacial score (nSPS) is 11.8. The third kappa shape index (κ3) is 5.84. The zero-order valence-corrected chi connectivity index (χ0v) is 34.7. The van der Waals surface area contributed by atoms with E-state index in [1.165, 1.54) is 21.9 Å². The Kier molecular flexibility index (Phi) is 8.18. The molecule has 13 rings (SSSR count). The van der Waals surface area contributed by atoms with Crippen molar-refractivity contribution in [3.63, 3.8) is 0 Å². The smallest absolute Gasteiger partial charge is 0.160 e. The van der Waals surface area contributed by atoms with Crippen LogP contribution < -0.4 is 4.90 Å². The number of nitrogens with zero attached hydrogens (tertiary/aromatic N) is 2. The van der Waals surface area contributed by atoms with Crippen LogP contribution in [0, 0.1) is 0 Å². The zero-order chi connectivity index (χ0) is 42.1. The fourth-order valence-electron chi connectivity index (χ4n) is 9.69. The number of benzene rings is 10. The van der Waals surface area contributed by atoms with E-state index in [0.29, 0.717) is 0 Å². The van der Waals surface area contributed by atoms with Gasteiger partial charge in [-0.2, -0.15) is 0 Å². The molecule has 10 aromatic carbocycles. The summed E-state index contributed by atoms with van der Waals surface area (Å²) >= 11 is 0. The van der Waals surface area contributed by atoms with Gasteiger partial charge in [0.25, 0.3) is 0 Å². The largest absolute Gasteiger partial charge is 0.456 e. The Labute approximate surface area is 369 Å². The minimum atomic E-state index is 0.901. The van der Waals surface area contributed by atoms with Crippen molar-refractivity contribution in [3.8, 4) is 39.1 Å². The zero-order valence-electron chi connectivity index (χ0n) is 34.7. The van der Waals surface area contributed by atoms with Gasteiger partial charge in [0, 0.05) is 55.1 Å². The molecule has 0 fully saturated rings. The molecule has 3 heterocycles. The first-order chi connectivity index (χ1) is 31.7. The summed E-state index contributed by atoms with van der Waals surface area (Å²) in [6.45, 7) is 0. The van der Waals surface area contributed by atoms with E-state index in [0.717, 1.165) is 99.9 Å². The summed E-state index contributed by atoms with van der Waals surface area (Å²) in [5, 5.41) is 6.91. The molecule has 300 valence electrons. The highest BCUT2D eigenvalue weighted by Gasteiger charge is 2.20. The molecule has 0 unspecified atom stereocenters. The number of para-hydroxylation sites is 3. The van der Waals surface area contributed by atoms with Crippen LogP contribution in [-0.2, 0) is 0 Å². The van der Waals surface area contributed by atoms with Crippen LogP contribution in [0.2, 0.25) is 0 Å². The van der Waals surface area contributed by atoms with E-state index < -0.39 is 0 Å². The van der Waals surface area contributed by atoms with Gasteiger partial charge < -0.3 is 18.3 Å². The molecule has 64 heavy (non-hydrogen) atoms. The molecule has 3 aromatic heterocycles. The number of furan rings is 2. The van der Waals surface area contributed by atoms with Gasteiger partial charge in [0.15, 0.2) is 5.58 Å². The fraction of sp³-hybridized carbons (Fsp3) is 0. The highest BCUT2D eigenvalue weighted by molar-refractivity contribution is 6.21. The predicted octanol–water partition coefficient (Wildman–Crippen LogP) is 17.1. The van der Waals surface area contributed by atoms with Crippen molar-refractivity contribution in [1.29, 1.82) is 0 Å². The highest BCUT2D eigenvalue weighted by Crippen LogP contribution is 2.42. The minimum absolute atomic E-state index is 0.901. The van der Waals surface area contributed by atoms with Crippen molar-refractivity contribution in [2.75, 3.05) is 4.90 Å². The van der Waals surface area contributed by atoms with Crippen molar-refractivity contribution >= 4 is 82.7 Å². The molecule has 4 nitrogen and oxygen atoms in total. The minimum Gasteiger partial charge on any atom is -0.456 e. The van der Waals surface area contributed by atoms with E-state index in [-0.39, 0.29) is 0 Å². The summed E-state index contributed by atoms with van der Waals surface area (Å²) < 4.78 is 15.1. The first kappa shape index (κ1) is 36.1. The standard InChI is InChI=1S/C60H38N2O2/c1-2-10-39(11-3-1)40-18-27-45(28-19-40)61(47-31-24-43(25-32-47)44-26-37-58-54(38-44)51-14-6-8-16-56(51)63-58)46-29-20-41(21-30-46)42-22-33-48(34-23-42)62-55-15-7-4-12-49(55)52-35-36-53-50-13-5-9-17-57(50)64-60(53)59(52)62/h1-38H. The lowest BCUT2D eigenvalue weighted by molar-refractivity contribution is 0.669. The average Bonchev–Trinajstić information content (AvgIpc) is 4.05. The number of rotatable bonds is 7. The summed E-state index contributed by atoms with van der Waals surface area (Å²) in [6.07, 6.45) is 0. The van der Waals surface area contributed by atoms with Gasteiger partial charge in [-0.15, -0.1) is 0 Å². The second-order valence-corrected chi connectivity index (χ2v) is 16.5. The molecule has 0 aliphatic heterocycles. The second-order valence-electron chi connectivity index (χ2n) is 16.5. The van der Waals surface area contributed by atoms with Gasteiger partial charge in [-0.25, -0.2) is 0 Å². The summed E-state index contributed by atoms with van der Waals surface area (Å²) in [7, 11) is 0. The lowest BCUT2D eigenvalue weighted by atomic mass is 10.0. The molecule has 0 amide bonds. The molecule has 13 aromatic rings. The summed E-state index contributed by atoms with van der Waals surface area (Å²) in [6, 6.07) is 82.2. The van der Waals surface area contributed by atoms with Crippen LogP contribution in [0.4, 0.5) is 17.1 Å². The molecular formula is C60H38N2O2. The Balaban J connectivity index is 0.859.